The van der Waals surface area contributed by atoms with Crippen LogP contribution in [0.5, 0.6) is 0 Å². The molecule has 0 atom stereocenters. The highest BCUT2D eigenvalue weighted by Crippen LogP contribution is 2.10. The number of aryl methyl sites for hydroxylation is 1. The molecule has 0 saturated heterocycles. The lowest BCUT2D eigenvalue weighted by Crippen LogP contribution is -2.23. The number of pyridine rings is 1. The van der Waals surface area contributed by atoms with Crippen molar-refractivity contribution in [3.63, 3.8) is 0 Å². The molecule has 0 spiro atoms. The monoisotopic (exact) mass is 249 g/mol. The average molecular weight is 249 g/mol. The van der Waals surface area contributed by atoms with Crippen LogP contribution in [0.1, 0.15) is 19.4 Å². The third-order valence-electron chi connectivity index (χ3n) is 2.76. The van der Waals surface area contributed by atoms with Crippen molar-refractivity contribution >= 4 is 0 Å². The van der Waals surface area contributed by atoms with Crippen molar-refractivity contribution in [2.75, 3.05) is 0 Å². The highest BCUT2D eigenvalue weighted by atomic mass is 19.1. The molecule has 0 bridgehead atoms. The Kier molecular flexibility index (Phi) is 3.32. The van der Waals surface area contributed by atoms with E-state index < -0.39 is 5.95 Å². The molecule has 4 nitrogen and oxygen atoms in total. The summed E-state index contributed by atoms with van der Waals surface area (Å²) in [7, 11) is 1.50. The lowest BCUT2D eigenvalue weighted by molar-refractivity contribution is 0.499. The Morgan fingerprint density at radius 1 is 1.44 bits per heavy atom. The minimum absolute atomic E-state index is 0.182. The molecule has 2 rings (SSSR count). The molecule has 2 heterocycles. The van der Waals surface area contributed by atoms with Gasteiger partial charge in [0.05, 0.1) is 6.20 Å². The van der Waals surface area contributed by atoms with E-state index in [0.29, 0.717) is 17.9 Å². The second-order valence-corrected chi connectivity index (χ2v) is 4.75. The van der Waals surface area contributed by atoms with Gasteiger partial charge >= 0.3 is 0 Å². The molecule has 0 aliphatic rings. The van der Waals surface area contributed by atoms with Crippen LogP contribution in [0.25, 0.3) is 5.69 Å². The first-order valence-electron chi connectivity index (χ1n) is 5.89. The summed E-state index contributed by atoms with van der Waals surface area (Å²) in [5, 5.41) is 3.81. The van der Waals surface area contributed by atoms with Gasteiger partial charge < -0.3 is 0 Å². The van der Waals surface area contributed by atoms with E-state index in [-0.39, 0.29) is 11.2 Å². The predicted octanol–water partition coefficient (Wildman–Crippen LogP) is 1.91. The van der Waals surface area contributed by atoms with Crippen LogP contribution in [-0.2, 0) is 13.5 Å². The first-order valence-corrected chi connectivity index (χ1v) is 5.89. The van der Waals surface area contributed by atoms with E-state index in [4.69, 9.17) is 0 Å². The number of aromatic nitrogens is 3. The van der Waals surface area contributed by atoms with Gasteiger partial charge in [0.25, 0.3) is 5.56 Å². The van der Waals surface area contributed by atoms with Crippen LogP contribution in [0.4, 0.5) is 4.39 Å². The summed E-state index contributed by atoms with van der Waals surface area (Å²) in [6.45, 7) is 4.09. The molecule has 5 heteroatoms. The van der Waals surface area contributed by atoms with Crippen molar-refractivity contribution in [3.8, 4) is 5.69 Å². The minimum atomic E-state index is -0.515. The van der Waals surface area contributed by atoms with Gasteiger partial charge in [0.1, 0.15) is 5.69 Å². The topological polar surface area (TPSA) is 39.8 Å². The molecule has 0 saturated carbocycles. The molecule has 0 radical (unpaired) electrons. The Labute approximate surface area is 105 Å². The summed E-state index contributed by atoms with van der Waals surface area (Å²) in [5.41, 5.74) is 0.696. The van der Waals surface area contributed by atoms with Gasteiger partial charge in [0.15, 0.2) is 0 Å². The highest BCUT2D eigenvalue weighted by Gasteiger charge is 2.13. The van der Waals surface area contributed by atoms with Crippen molar-refractivity contribution in [3.05, 3.63) is 46.4 Å². The van der Waals surface area contributed by atoms with Gasteiger partial charge in [-0.15, -0.1) is 0 Å². The first-order chi connectivity index (χ1) is 8.50. The predicted molar refractivity (Wildman–Crippen MR) is 67.3 cm³/mol. The van der Waals surface area contributed by atoms with E-state index in [1.807, 2.05) is 13.8 Å². The summed E-state index contributed by atoms with van der Waals surface area (Å²) in [6, 6.07) is 3.54. The molecule has 0 aliphatic carbocycles. The fraction of sp³-hybridized carbons (Fsp3) is 0.385. The highest BCUT2D eigenvalue weighted by molar-refractivity contribution is 5.29. The maximum atomic E-state index is 13.8. The second-order valence-electron chi connectivity index (χ2n) is 4.75. The van der Waals surface area contributed by atoms with E-state index >= 15 is 0 Å². The zero-order chi connectivity index (χ0) is 13.3. The second kappa shape index (κ2) is 4.76. The average Bonchev–Trinajstić information content (AvgIpc) is 2.63. The Balaban J connectivity index is 2.53. The largest absolute Gasteiger partial charge is 0.278 e. The number of hydrogen-bond donors (Lipinski definition) is 0. The summed E-state index contributed by atoms with van der Waals surface area (Å²) in [4.78, 5) is 12.2. The van der Waals surface area contributed by atoms with Gasteiger partial charge in [-0.2, -0.15) is 9.49 Å². The smallest absolute Gasteiger partial charge is 0.258 e. The van der Waals surface area contributed by atoms with Crippen molar-refractivity contribution in [1.29, 1.82) is 0 Å². The lowest BCUT2D eigenvalue weighted by Gasteiger charge is -2.08. The van der Waals surface area contributed by atoms with Gasteiger partial charge in [-0.05, 0) is 18.4 Å². The van der Waals surface area contributed by atoms with Gasteiger partial charge in [-0.25, -0.2) is 4.68 Å². The maximum absolute atomic E-state index is 13.8. The fourth-order valence-electron chi connectivity index (χ4n) is 1.90. The van der Waals surface area contributed by atoms with Crippen LogP contribution >= 0.6 is 0 Å². The quantitative estimate of drug-likeness (QED) is 0.833. The minimum Gasteiger partial charge on any atom is -0.278 e. The summed E-state index contributed by atoms with van der Waals surface area (Å²) in [6.07, 6.45) is 3.60. The molecule has 0 fully saturated rings. The molecular formula is C13H16FN3O. The van der Waals surface area contributed by atoms with Crippen molar-refractivity contribution in [2.24, 2.45) is 13.0 Å². The van der Waals surface area contributed by atoms with E-state index in [0.717, 1.165) is 4.68 Å². The Morgan fingerprint density at radius 3 is 2.72 bits per heavy atom. The molecule has 0 aromatic carbocycles. The molecule has 18 heavy (non-hydrogen) atoms. The molecule has 96 valence electrons. The van der Waals surface area contributed by atoms with Gasteiger partial charge in [-0.3, -0.25) is 9.36 Å². The zero-order valence-electron chi connectivity index (χ0n) is 10.7. The number of nitrogens with zero attached hydrogens (tertiary/aromatic N) is 3. The van der Waals surface area contributed by atoms with E-state index in [1.54, 1.807) is 18.3 Å². The van der Waals surface area contributed by atoms with Crippen LogP contribution in [0.2, 0.25) is 0 Å². The molecule has 0 amide bonds. The molecule has 0 unspecified atom stereocenters. The van der Waals surface area contributed by atoms with Gasteiger partial charge in [0, 0.05) is 18.8 Å². The van der Waals surface area contributed by atoms with Crippen LogP contribution in [0.3, 0.4) is 0 Å². The van der Waals surface area contributed by atoms with E-state index in [9.17, 15) is 9.18 Å². The fourth-order valence-corrected chi connectivity index (χ4v) is 1.90. The first kappa shape index (κ1) is 12.5. The molecular weight excluding hydrogens is 233 g/mol. The maximum Gasteiger partial charge on any atom is 0.258 e. The standard InChI is InChI=1S/C13H16FN3O/c1-9(2)7-10-5-4-6-17(13(10)18)11-8-15-16(3)12(11)14/h4-6,8-9H,7H2,1-3H3. The zero-order valence-corrected chi connectivity index (χ0v) is 10.7. The van der Waals surface area contributed by atoms with Gasteiger partial charge in [0.2, 0.25) is 5.95 Å². The lowest BCUT2D eigenvalue weighted by atomic mass is 10.0. The molecule has 2 aromatic heterocycles. The Morgan fingerprint density at radius 2 is 2.17 bits per heavy atom. The van der Waals surface area contributed by atoms with Crippen LogP contribution in [0, 0.1) is 11.9 Å². The summed E-state index contributed by atoms with van der Waals surface area (Å²) >= 11 is 0. The normalized spacial score (nSPS) is 11.2. The van der Waals surface area contributed by atoms with Crippen LogP contribution in [0.15, 0.2) is 29.3 Å². The van der Waals surface area contributed by atoms with E-state index in [1.165, 1.54) is 17.8 Å². The Bertz CT molecular complexity index is 613. The van der Waals surface area contributed by atoms with Crippen molar-refractivity contribution < 1.29 is 4.39 Å². The van der Waals surface area contributed by atoms with Crippen LogP contribution in [-0.4, -0.2) is 14.3 Å². The van der Waals surface area contributed by atoms with Crippen LogP contribution < -0.4 is 5.56 Å². The van der Waals surface area contributed by atoms with Gasteiger partial charge in [-0.1, -0.05) is 19.9 Å². The summed E-state index contributed by atoms with van der Waals surface area (Å²) in [5.74, 6) is -0.133. The summed E-state index contributed by atoms with van der Waals surface area (Å²) < 4.78 is 16.2. The SMILES string of the molecule is CC(C)Cc1cccn(-c2cnn(C)c2F)c1=O. The third kappa shape index (κ3) is 2.20. The van der Waals surface area contributed by atoms with Crippen molar-refractivity contribution in [2.45, 2.75) is 20.3 Å². The van der Waals surface area contributed by atoms with Crippen molar-refractivity contribution in [1.82, 2.24) is 14.3 Å². The molecule has 0 N–H and O–H groups in total. The number of halogens is 1. The van der Waals surface area contributed by atoms with E-state index in [2.05, 4.69) is 5.10 Å². The molecule has 2 aromatic rings. The third-order valence-corrected chi connectivity index (χ3v) is 2.76. The number of rotatable bonds is 3. The molecule has 0 aliphatic heterocycles. The number of hydrogen-bond acceptors (Lipinski definition) is 2. The Hall–Kier alpha value is -1.91.